The second-order valence-corrected chi connectivity index (χ2v) is 18.2. The Morgan fingerprint density at radius 2 is 1.93 bits per heavy atom. The zero-order valence-corrected chi connectivity index (χ0v) is 22.7. The maximum absolute atomic E-state index is 13.0. The van der Waals surface area contributed by atoms with Crippen LogP contribution in [0.1, 0.15) is 75.6 Å². The van der Waals surface area contributed by atoms with Crippen LogP contribution >= 0.6 is 0 Å². The minimum atomic E-state index is -2.11. The Bertz CT molecular complexity index is 961. The molecule has 4 atom stereocenters. The van der Waals surface area contributed by atoms with Crippen LogP contribution in [-0.2, 0) is 21.7 Å². The molecule has 4 unspecified atom stereocenters. The fourth-order valence-electron chi connectivity index (χ4n) is 4.85. The number of carbonyl (C=O) groups excluding carboxylic acids is 1. The van der Waals surface area contributed by atoms with Gasteiger partial charge >= 0.3 is 190 Å². The third-order valence-electron chi connectivity index (χ3n) is 6.88. The normalized spacial score (nSPS) is 25.9. The number of ketones is 1. The van der Waals surface area contributed by atoms with Crippen molar-refractivity contribution in [3.05, 3.63) is 23.1 Å². The first-order chi connectivity index (χ1) is 14.1. The van der Waals surface area contributed by atoms with Crippen LogP contribution in [0, 0.1) is 17.8 Å². The van der Waals surface area contributed by atoms with Crippen molar-refractivity contribution in [1.29, 1.82) is 0 Å². The Kier molecular flexibility index (Phi) is 6.14. The number of nitrogens with zero attached hydrogens (tertiary/aromatic N) is 3. The van der Waals surface area contributed by atoms with E-state index in [0.717, 1.165) is 35.3 Å². The van der Waals surface area contributed by atoms with Gasteiger partial charge in [-0.25, -0.2) is 0 Å². The number of Topliss-reactive ketones (excluding diaryl/α,β-unsaturated/α-hetero) is 1. The van der Waals surface area contributed by atoms with Gasteiger partial charge < -0.3 is 0 Å². The Labute approximate surface area is 189 Å². The van der Waals surface area contributed by atoms with Crippen LogP contribution in [0.4, 0.5) is 0 Å². The molecule has 0 saturated heterocycles. The predicted octanol–water partition coefficient (Wildman–Crippen LogP) is 5.09. The van der Waals surface area contributed by atoms with Crippen LogP contribution in [-0.4, -0.2) is 49.9 Å². The Morgan fingerprint density at radius 3 is 2.47 bits per heavy atom. The number of hydrogen-bond acceptors (Lipinski definition) is 4. The molecule has 2 heterocycles. The molecule has 30 heavy (non-hydrogen) atoms. The molecule has 0 amide bonds. The molecule has 2 fully saturated rings. The van der Waals surface area contributed by atoms with Crippen LogP contribution < -0.4 is 0 Å². The Hall–Kier alpha value is -0.854. The molecule has 0 aliphatic heterocycles. The molecular formula is C24H36N3O2Po. The summed E-state index contributed by atoms with van der Waals surface area (Å²) in [5.41, 5.74) is 4.97. The average Bonchev–Trinajstić information content (AvgIpc) is 3.56. The molecule has 2 aliphatic rings. The number of hydrogen-bond donors (Lipinski definition) is 0. The molecule has 2 saturated carbocycles. The fourth-order valence-corrected chi connectivity index (χ4v) is 12.7. The molecule has 6 heteroatoms. The molecule has 5 nitrogen and oxygen atoms in total. The van der Waals surface area contributed by atoms with Gasteiger partial charge in [-0.1, -0.05) is 0 Å². The van der Waals surface area contributed by atoms with E-state index in [1.165, 1.54) is 30.5 Å². The van der Waals surface area contributed by atoms with Gasteiger partial charge in [0.1, 0.15) is 0 Å². The van der Waals surface area contributed by atoms with Gasteiger partial charge in [0.05, 0.1) is 0 Å². The van der Waals surface area contributed by atoms with Crippen molar-refractivity contribution in [1.82, 2.24) is 14.5 Å². The zero-order valence-electron chi connectivity index (χ0n) is 19.5. The molecule has 2 aliphatic carbocycles. The van der Waals surface area contributed by atoms with E-state index in [4.69, 9.17) is 12.7 Å². The molecule has 0 bridgehead atoms. The zero-order chi connectivity index (χ0) is 21.8. The third kappa shape index (κ3) is 4.37. The average molecular weight is 608 g/mol. The van der Waals surface area contributed by atoms with E-state index < -0.39 is 22.5 Å². The van der Waals surface area contributed by atoms with Gasteiger partial charge in [-0.05, 0) is 0 Å². The summed E-state index contributed by atoms with van der Waals surface area (Å²) in [4.78, 5) is 22.7. The summed E-state index contributed by atoms with van der Waals surface area (Å²) in [7, 11) is 3.87. The van der Waals surface area contributed by atoms with Crippen molar-refractivity contribution in [2.24, 2.45) is 24.8 Å². The summed E-state index contributed by atoms with van der Waals surface area (Å²) in [5, 5.41) is 0. The molecule has 0 N–H and O–H groups in total. The van der Waals surface area contributed by atoms with Crippen molar-refractivity contribution in [2.45, 2.75) is 73.4 Å². The first-order valence-corrected chi connectivity index (χ1v) is 16.6. The van der Waals surface area contributed by atoms with E-state index in [0.29, 0.717) is 13.4 Å². The topological polar surface area (TPSA) is 57.0 Å². The summed E-state index contributed by atoms with van der Waals surface area (Å²) < 4.78 is 9.26. The number of fused-ring (bicyclic) bond motifs is 1. The minimum absolute atomic E-state index is 0.00470. The third-order valence-corrected chi connectivity index (χ3v) is 15.8. The van der Waals surface area contributed by atoms with Crippen molar-refractivity contribution in [2.75, 3.05) is 7.11 Å². The number of rotatable bonds is 8. The van der Waals surface area contributed by atoms with Crippen LogP contribution in [0.2, 0.25) is 7.66 Å². The molecule has 2 aromatic rings. The molecule has 2 aromatic heterocycles. The SMILES string of the molecule is C[O][Po]([CH2]C(=O)c1cnc2c(CCC3CC3C)c(C(C)(C)C)n(C)c2n1)[CH]1CC1C. The summed E-state index contributed by atoms with van der Waals surface area (Å²) in [6.07, 6.45) is 6.56. The number of aromatic nitrogens is 3. The van der Waals surface area contributed by atoms with Crippen molar-refractivity contribution in [3.8, 4) is 0 Å². The van der Waals surface area contributed by atoms with E-state index in [2.05, 4.69) is 46.2 Å². The summed E-state index contributed by atoms with van der Waals surface area (Å²) in [6, 6.07) is 0. The van der Waals surface area contributed by atoms with Crippen molar-refractivity contribution >= 4 is 39.5 Å². The van der Waals surface area contributed by atoms with Crippen molar-refractivity contribution < 1.29 is 7.57 Å². The van der Waals surface area contributed by atoms with Gasteiger partial charge in [-0.2, -0.15) is 0 Å². The molecule has 1 radical (unpaired) electrons. The van der Waals surface area contributed by atoms with E-state index >= 15 is 0 Å². The summed E-state index contributed by atoms with van der Waals surface area (Å²) in [5.74, 6) is 2.57. The van der Waals surface area contributed by atoms with Gasteiger partial charge in [-0.15, -0.1) is 0 Å². The van der Waals surface area contributed by atoms with Crippen LogP contribution in [0.5, 0.6) is 0 Å². The van der Waals surface area contributed by atoms with Crippen LogP contribution in [0.25, 0.3) is 11.2 Å². The van der Waals surface area contributed by atoms with E-state index in [-0.39, 0.29) is 11.2 Å². The van der Waals surface area contributed by atoms with Gasteiger partial charge in [0.15, 0.2) is 0 Å². The first kappa shape index (κ1) is 22.3. The maximum atomic E-state index is 13.0. The second kappa shape index (κ2) is 8.25. The van der Waals surface area contributed by atoms with E-state index in [9.17, 15) is 4.79 Å². The van der Waals surface area contributed by atoms with Gasteiger partial charge in [-0.3, -0.25) is 0 Å². The molecular weight excluding hydrogens is 571 g/mol. The van der Waals surface area contributed by atoms with Gasteiger partial charge in [0.25, 0.3) is 0 Å². The number of carbonyl (C=O) groups is 1. The first-order valence-electron chi connectivity index (χ1n) is 11.2. The van der Waals surface area contributed by atoms with Gasteiger partial charge in [0, 0.05) is 0 Å². The molecule has 4 rings (SSSR count). The van der Waals surface area contributed by atoms with Crippen LogP contribution in [0.3, 0.4) is 0 Å². The monoisotopic (exact) mass is 607 g/mol. The summed E-state index contributed by atoms with van der Waals surface area (Å²) >= 11 is -2.11. The van der Waals surface area contributed by atoms with Crippen LogP contribution in [0.15, 0.2) is 6.20 Å². The molecule has 165 valence electrons. The quantitative estimate of drug-likeness (QED) is 0.393. The molecule has 0 aromatic carbocycles. The molecule has 0 spiro atoms. The van der Waals surface area contributed by atoms with Crippen molar-refractivity contribution in [3.63, 3.8) is 0 Å². The standard InChI is InChI=1S/C19H26N3O.C4H7.CH3O.Po/c1-11-9-13(11)7-8-14-16-18(21-15(10-20-16)12(2)23)22(6)17(14)19(3,4)5;1-4-2-3-4;1-2;/h10-11,13H,2,7-9H2,1,3-6H3;2,4H,3H2,1H3;1H3;/q;;-1;+1. The fraction of sp³-hybridized carbons (Fsp3) is 0.708. The number of aryl methyl sites for hydroxylation is 2. The summed E-state index contributed by atoms with van der Waals surface area (Å²) in [6.45, 7) is 11.4. The second-order valence-electron chi connectivity index (χ2n) is 10.4. The van der Waals surface area contributed by atoms with E-state index in [1.54, 1.807) is 13.3 Å². The van der Waals surface area contributed by atoms with E-state index in [1.807, 2.05) is 0 Å². The van der Waals surface area contributed by atoms with Gasteiger partial charge in [0.2, 0.25) is 0 Å². The Balaban J connectivity index is 1.64. The Morgan fingerprint density at radius 1 is 1.27 bits per heavy atom. The predicted molar refractivity (Wildman–Crippen MR) is 122 cm³/mol.